The highest BCUT2D eigenvalue weighted by molar-refractivity contribution is 5.78. The van der Waals surface area contributed by atoms with Gasteiger partial charge in [-0.25, -0.2) is 0 Å². The Morgan fingerprint density at radius 1 is 1.00 bits per heavy atom. The van der Waals surface area contributed by atoms with E-state index in [1.54, 1.807) is 0 Å². The Bertz CT molecular complexity index is 312. The van der Waals surface area contributed by atoms with Gasteiger partial charge in [-0.3, -0.25) is 4.79 Å². The highest BCUT2D eigenvalue weighted by Crippen LogP contribution is 2.47. The summed E-state index contributed by atoms with van der Waals surface area (Å²) in [7, 11) is 0. The standard InChI is InChI=1S/C16H28N2O/c19-16(18-15-4-2-1-3-5-15)11-17-10-14-9-12-6-7-13(14)8-12/h12-15,17H,1-11H2,(H,18,19). The molecule has 3 rings (SSSR count). The first-order chi connectivity index (χ1) is 9.31. The number of rotatable bonds is 5. The smallest absolute Gasteiger partial charge is 0.234 e. The first-order valence-corrected chi connectivity index (χ1v) is 8.31. The third-order valence-electron chi connectivity index (χ3n) is 5.55. The molecule has 0 radical (unpaired) electrons. The lowest BCUT2D eigenvalue weighted by molar-refractivity contribution is -0.121. The highest BCUT2D eigenvalue weighted by atomic mass is 16.1. The van der Waals surface area contributed by atoms with Crippen LogP contribution in [-0.4, -0.2) is 25.0 Å². The molecule has 19 heavy (non-hydrogen) atoms. The van der Waals surface area contributed by atoms with Crippen molar-refractivity contribution in [2.75, 3.05) is 13.1 Å². The predicted octanol–water partition coefficient (Wildman–Crippen LogP) is 2.46. The number of carbonyl (C=O) groups excluding carboxylic acids is 1. The van der Waals surface area contributed by atoms with E-state index in [0.717, 1.165) is 24.3 Å². The number of amides is 1. The molecule has 3 fully saturated rings. The molecule has 2 bridgehead atoms. The van der Waals surface area contributed by atoms with Crippen molar-refractivity contribution in [1.29, 1.82) is 0 Å². The van der Waals surface area contributed by atoms with Crippen molar-refractivity contribution in [2.24, 2.45) is 17.8 Å². The van der Waals surface area contributed by atoms with Crippen molar-refractivity contribution in [3.05, 3.63) is 0 Å². The maximum atomic E-state index is 11.9. The monoisotopic (exact) mass is 264 g/mol. The van der Waals surface area contributed by atoms with Gasteiger partial charge in [-0.2, -0.15) is 0 Å². The zero-order valence-corrected chi connectivity index (χ0v) is 12.0. The quantitative estimate of drug-likeness (QED) is 0.801. The Morgan fingerprint density at radius 3 is 2.53 bits per heavy atom. The largest absolute Gasteiger partial charge is 0.352 e. The first kappa shape index (κ1) is 13.4. The van der Waals surface area contributed by atoms with Crippen LogP contribution in [-0.2, 0) is 4.79 Å². The minimum atomic E-state index is 0.204. The van der Waals surface area contributed by atoms with E-state index in [2.05, 4.69) is 10.6 Å². The van der Waals surface area contributed by atoms with Crippen molar-refractivity contribution in [3.63, 3.8) is 0 Å². The van der Waals surface area contributed by atoms with Crippen LogP contribution >= 0.6 is 0 Å². The molecule has 3 unspecified atom stereocenters. The number of hydrogen-bond acceptors (Lipinski definition) is 2. The minimum absolute atomic E-state index is 0.204. The second kappa shape index (κ2) is 6.25. The molecule has 3 saturated carbocycles. The second-order valence-corrected chi connectivity index (χ2v) is 6.97. The van der Waals surface area contributed by atoms with Gasteiger partial charge < -0.3 is 10.6 Å². The van der Waals surface area contributed by atoms with Gasteiger partial charge in [-0.1, -0.05) is 25.7 Å². The fraction of sp³-hybridized carbons (Fsp3) is 0.938. The van der Waals surface area contributed by atoms with Crippen LogP contribution in [0.3, 0.4) is 0 Å². The summed E-state index contributed by atoms with van der Waals surface area (Å²) in [5, 5.41) is 6.57. The van der Waals surface area contributed by atoms with Crippen LogP contribution < -0.4 is 10.6 Å². The van der Waals surface area contributed by atoms with Crippen LogP contribution in [0, 0.1) is 17.8 Å². The SMILES string of the molecule is O=C(CNCC1CC2CCC1C2)NC1CCCCC1. The number of fused-ring (bicyclic) bond motifs is 2. The zero-order chi connectivity index (χ0) is 13.1. The Kier molecular flexibility index (Phi) is 4.42. The lowest BCUT2D eigenvalue weighted by atomic mass is 9.89. The van der Waals surface area contributed by atoms with Crippen molar-refractivity contribution >= 4 is 5.91 Å². The van der Waals surface area contributed by atoms with Gasteiger partial charge in [-0.05, 0) is 56.4 Å². The van der Waals surface area contributed by atoms with E-state index in [-0.39, 0.29) is 5.91 Å². The number of nitrogens with one attached hydrogen (secondary N) is 2. The molecule has 0 spiro atoms. The van der Waals surface area contributed by atoms with Crippen LogP contribution in [0.15, 0.2) is 0 Å². The molecule has 0 aromatic rings. The van der Waals surface area contributed by atoms with E-state index < -0.39 is 0 Å². The topological polar surface area (TPSA) is 41.1 Å². The predicted molar refractivity (Wildman–Crippen MR) is 76.8 cm³/mol. The maximum Gasteiger partial charge on any atom is 0.234 e. The van der Waals surface area contributed by atoms with Gasteiger partial charge in [0.25, 0.3) is 0 Å². The van der Waals surface area contributed by atoms with Crippen LogP contribution in [0.5, 0.6) is 0 Å². The Balaban J connectivity index is 1.30. The first-order valence-electron chi connectivity index (χ1n) is 8.31. The Labute approximate surface area is 116 Å². The number of hydrogen-bond donors (Lipinski definition) is 2. The van der Waals surface area contributed by atoms with Crippen molar-refractivity contribution in [1.82, 2.24) is 10.6 Å². The molecule has 0 heterocycles. The maximum absolute atomic E-state index is 11.9. The molecule has 1 amide bonds. The summed E-state index contributed by atoms with van der Waals surface area (Å²) in [6.07, 6.45) is 12.0. The van der Waals surface area contributed by atoms with E-state index in [1.807, 2.05) is 0 Å². The van der Waals surface area contributed by atoms with Gasteiger partial charge in [0, 0.05) is 6.04 Å². The fourth-order valence-electron chi connectivity index (χ4n) is 4.52. The number of carbonyl (C=O) groups is 1. The molecule has 0 aliphatic heterocycles. The van der Waals surface area contributed by atoms with Gasteiger partial charge >= 0.3 is 0 Å². The highest BCUT2D eigenvalue weighted by Gasteiger charge is 2.38. The van der Waals surface area contributed by atoms with E-state index in [4.69, 9.17) is 0 Å². The summed E-state index contributed by atoms with van der Waals surface area (Å²) in [4.78, 5) is 11.9. The summed E-state index contributed by atoms with van der Waals surface area (Å²) in [6, 6.07) is 0.450. The van der Waals surface area contributed by atoms with Crippen LogP contribution in [0.1, 0.15) is 57.8 Å². The van der Waals surface area contributed by atoms with Crippen LogP contribution in [0.4, 0.5) is 0 Å². The van der Waals surface area contributed by atoms with Crippen LogP contribution in [0.2, 0.25) is 0 Å². The zero-order valence-electron chi connectivity index (χ0n) is 12.0. The molecule has 3 nitrogen and oxygen atoms in total. The van der Waals surface area contributed by atoms with Crippen molar-refractivity contribution in [3.8, 4) is 0 Å². The summed E-state index contributed by atoms with van der Waals surface area (Å²) < 4.78 is 0. The molecule has 3 aliphatic carbocycles. The molecule has 3 aliphatic rings. The third-order valence-corrected chi connectivity index (χ3v) is 5.55. The van der Waals surface area contributed by atoms with Crippen LogP contribution in [0.25, 0.3) is 0 Å². The summed E-state index contributed by atoms with van der Waals surface area (Å²) >= 11 is 0. The summed E-state index contributed by atoms with van der Waals surface area (Å²) in [6.45, 7) is 1.57. The third kappa shape index (κ3) is 3.50. The fourth-order valence-corrected chi connectivity index (χ4v) is 4.52. The molecule has 108 valence electrons. The molecule has 0 aromatic heterocycles. The molecule has 2 N–H and O–H groups in total. The molecule has 3 atom stereocenters. The van der Waals surface area contributed by atoms with Gasteiger partial charge in [0.2, 0.25) is 5.91 Å². The van der Waals surface area contributed by atoms with Gasteiger partial charge in [0.1, 0.15) is 0 Å². The Morgan fingerprint density at radius 2 is 1.84 bits per heavy atom. The van der Waals surface area contributed by atoms with E-state index in [9.17, 15) is 4.79 Å². The van der Waals surface area contributed by atoms with Gasteiger partial charge in [0.05, 0.1) is 6.54 Å². The molecule has 3 heteroatoms. The van der Waals surface area contributed by atoms with E-state index in [0.29, 0.717) is 12.6 Å². The lowest BCUT2D eigenvalue weighted by Gasteiger charge is -2.24. The summed E-state index contributed by atoms with van der Waals surface area (Å²) in [5.41, 5.74) is 0. The minimum Gasteiger partial charge on any atom is -0.352 e. The van der Waals surface area contributed by atoms with Crippen molar-refractivity contribution < 1.29 is 4.79 Å². The molecular weight excluding hydrogens is 236 g/mol. The average molecular weight is 264 g/mol. The molecular formula is C16H28N2O. The summed E-state index contributed by atoms with van der Waals surface area (Å²) in [5.74, 6) is 3.02. The van der Waals surface area contributed by atoms with E-state index >= 15 is 0 Å². The van der Waals surface area contributed by atoms with E-state index in [1.165, 1.54) is 57.8 Å². The van der Waals surface area contributed by atoms with Gasteiger partial charge in [0.15, 0.2) is 0 Å². The second-order valence-electron chi connectivity index (χ2n) is 6.97. The Hall–Kier alpha value is -0.570. The normalized spacial score (nSPS) is 34.6. The molecule has 0 saturated heterocycles. The van der Waals surface area contributed by atoms with Crippen molar-refractivity contribution in [2.45, 2.75) is 63.8 Å². The lowest BCUT2D eigenvalue weighted by Crippen LogP contribution is -2.42. The average Bonchev–Trinajstić information content (AvgIpc) is 3.02. The van der Waals surface area contributed by atoms with Gasteiger partial charge in [-0.15, -0.1) is 0 Å². The molecule has 0 aromatic carbocycles.